The lowest BCUT2D eigenvalue weighted by molar-refractivity contribution is -0.117. The number of Topliss-reactive ketones (excluding diaryl/α,β-unsaturated/α-hetero) is 1. The quantitative estimate of drug-likeness (QED) is 0.669. The lowest BCUT2D eigenvalue weighted by atomic mass is 9.96. The number of nitrogens with zero attached hydrogens (tertiary/aromatic N) is 2. The molecule has 0 aliphatic carbocycles. The van der Waals surface area contributed by atoms with Crippen LogP contribution >= 0.6 is 11.8 Å². The normalized spacial score (nSPS) is 18.0. The van der Waals surface area contributed by atoms with Crippen molar-refractivity contribution in [1.82, 2.24) is 4.98 Å². The molecular formula is C21H26N2O2S. The molecule has 1 saturated heterocycles. The van der Waals surface area contributed by atoms with Crippen LogP contribution in [0.15, 0.2) is 47.5 Å². The van der Waals surface area contributed by atoms with E-state index in [1.165, 1.54) is 10.5 Å². The van der Waals surface area contributed by atoms with Crippen LogP contribution in [0.1, 0.15) is 38.2 Å². The van der Waals surface area contributed by atoms with Gasteiger partial charge in [-0.05, 0) is 48.9 Å². The SMILES string of the molecule is CSc1ccc(N2CCC(Oc3ccc([C@H](C)CC(C)=O)cc3)C2)nc1. The minimum atomic E-state index is 0.178. The van der Waals surface area contributed by atoms with Crippen molar-refractivity contribution in [3.8, 4) is 5.75 Å². The fraction of sp³-hybridized carbons (Fsp3) is 0.429. The van der Waals surface area contributed by atoms with Crippen LogP contribution in [0, 0.1) is 0 Å². The van der Waals surface area contributed by atoms with Crippen molar-refractivity contribution in [2.45, 2.75) is 43.6 Å². The predicted octanol–water partition coefficient (Wildman–Crippen LogP) is 4.54. The second-order valence-electron chi connectivity index (χ2n) is 6.91. The van der Waals surface area contributed by atoms with Crippen LogP contribution in [0.2, 0.25) is 0 Å². The minimum absolute atomic E-state index is 0.178. The Kier molecular flexibility index (Phi) is 6.20. The Bertz CT molecular complexity index is 731. The van der Waals surface area contributed by atoms with Crippen molar-refractivity contribution in [3.05, 3.63) is 48.2 Å². The molecule has 1 aliphatic heterocycles. The summed E-state index contributed by atoms with van der Waals surface area (Å²) >= 11 is 1.70. The van der Waals surface area contributed by atoms with Gasteiger partial charge in [-0.1, -0.05) is 19.1 Å². The minimum Gasteiger partial charge on any atom is -0.489 e. The fourth-order valence-corrected chi connectivity index (χ4v) is 3.69. The molecule has 0 spiro atoms. The third-order valence-electron chi connectivity index (χ3n) is 4.77. The summed E-state index contributed by atoms with van der Waals surface area (Å²) in [5.74, 6) is 2.38. The van der Waals surface area contributed by atoms with E-state index in [9.17, 15) is 4.79 Å². The van der Waals surface area contributed by atoms with E-state index >= 15 is 0 Å². The molecule has 4 nitrogen and oxygen atoms in total. The number of pyridine rings is 1. The van der Waals surface area contributed by atoms with E-state index < -0.39 is 0 Å². The smallest absolute Gasteiger partial charge is 0.130 e. The number of hydrogen-bond donors (Lipinski definition) is 0. The zero-order valence-electron chi connectivity index (χ0n) is 15.6. The van der Waals surface area contributed by atoms with Gasteiger partial charge in [0.25, 0.3) is 0 Å². The van der Waals surface area contributed by atoms with E-state index in [2.05, 4.69) is 47.3 Å². The van der Waals surface area contributed by atoms with Crippen LogP contribution < -0.4 is 9.64 Å². The first kappa shape index (κ1) is 18.8. The van der Waals surface area contributed by atoms with Gasteiger partial charge in [-0.2, -0.15) is 0 Å². The standard InChI is InChI=1S/C21H26N2O2S/c1-15(12-16(2)24)17-4-6-18(7-5-17)25-19-10-11-23(14-19)21-9-8-20(26-3)13-22-21/h4-9,13,15,19H,10-12,14H2,1-3H3/t15-,19?/m1/s1. The van der Waals surface area contributed by atoms with Gasteiger partial charge in [-0.25, -0.2) is 4.98 Å². The summed E-state index contributed by atoms with van der Waals surface area (Å²) in [6.45, 7) is 5.54. The van der Waals surface area contributed by atoms with Crippen LogP contribution in [0.25, 0.3) is 0 Å². The molecule has 1 aromatic heterocycles. The maximum absolute atomic E-state index is 11.3. The number of ether oxygens (including phenoxy) is 1. The number of anilines is 1. The maximum atomic E-state index is 11.3. The molecular weight excluding hydrogens is 344 g/mol. The monoisotopic (exact) mass is 370 g/mol. The summed E-state index contributed by atoms with van der Waals surface area (Å²) in [6, 6.07) is 12.4. The summed E-state index contributed by atoms with van der Waals surface area (Å²) in [6.07, 6.45) is 5.74. The van der Waals surface area contributed by atoms with Gasteiger partial charge in [0.1, 0.15) is 23.5 Å². The summed E-state index contributed by atoms with van der Waals surface area (Å²) in [5, 5.41) is 0. The van der Waals surface area contributed by atoms with E-state index in [0.717, 1.165) is 31.1 Å². The highest BCUT2D eigenvalue weighted by Gasteiger charge is 2.25. The average molecular weight is 371 g/mol. The van der Waals surface area contributed by atoms with Crippen molar-refractivity contribution in [3.63, 3.8) is 0 Å². The Morgan fingerprint density at radius 1 is 1.31 bits per heavy atom. The van der Waals surface area contributed by atoms with Crippen LogP contribution in [-0.4, -0.2) is 36.2 Å². The van der Waals surface area contributed by atoms with Gasteiger partial charge in [-0.15, -0.1) is 11.8 Å². The molecule has 138 valence electrons. The van der Waals surface area contributed by atoms with E-state index in [0.29, 0.717) is 6.42 Å². The third-order valence-corrected chi connectivity index (χ3v) is 5.48. The van der Waals surface area contributed by atoms with Gasteiger partial charge in [0.05, 0.1) is 6.54 Å². The first-order valence-electron chi connectivity index (χ1n) is 9.06. The Morgan fingerprint density at radius 3 is 2.69 bits per heavy atom. The molecule has 1 aromatic carbocycles. The second kappa shape index (κ2) is 8.58. The number of carbonyl (C=O) groups is 1. The number of rotatable bonds is 7. The Hall–Kier alpha value is -2.01. The number of benzene rings is 1. The lowest BCUT2D eigenvalue weighted by Gasteiger charge is -2.18. The van der Waals surface area contributed by atoms with Crippen LogP contribution in [0.3, 0.4) is 0 Å². The van der Waals surface area contributed by atoms with E-state index in [1.54, 1.807) is 18.7 Å². The van der Waals surface area contributed by atoms with Crippen molar-refractivity contribution in [2.75, 3.05) is 24.2 Å². The highest BCUT2D eigenvalue weighted by molar-refractivity contribution is 7.98. The molecule has 1 unspecified atom stereocenters. The van der Waals surface area contributed by atoms with Gasteiger partial charge in [0, 0.05) is 30.5 Å². The van der Waals surface area contributed by atoms with E-state index in [4.69, 9.17) is 4.74 Å². The van der Waals surface area contributed by atoms with Crippen molar-refractivity contribution in [2.24, 2.45) is 0 Å². The highest BCUT2D eigenvalue weighted by Crippen LogP contribution is 2.26. The Morgan fingerprint density at radius 2 is 2.08 bits per heavy atom. The topological polar surface area (TPSA) is 42.4 Å². The largest absolute Gasteiger partial charge is 0.489 e. The number of carbonyl (C=O) groups excluding carboxylic acids is 1. The average Bonchev–Trinajstić information content (AvgIpc) is 3.10. The molecule has 2 atom stereocenters. The molecule has 26 heavy (non-hydrogen) atoms. The Balaban J connectivity index is 1.55. The van der Waals surface area contributed by atoms with Gasteiger partial charge in [0.15, 0.2) is 0 Å². The molecule has 0 radical (unpaired) electrons. The Labute approximate surface area is 160 Å². The van der Waals surface area contributed by atoms with Crippen molar-refractivity contribution in [1.29, 1.82) is 0 Å². The first-order chi connectivity index (χ1) is 12.5. The molecule has 2 heterocycles. The third kappa shape index (κ3) is 4.79. The predicted molar refractivity (Wildman–Crippen MR) is 107 cm³/mol. The molecule has 2 aromatic rings. The zero-order valence-corrected chi connectivity index (χ0v) is 16.5. The molecule has 3 rings (SSSR count). The van der Waals surface area contributed by atoms with Gasteiger partial charge in [-0.3, -0.25) is 0 Å². The molecule has 0 N–H and O–H groups in total. The summed E-state index contributed by atoms with van der Waals surface area (Å²) in [4.78, 5) is 19.3. The summed E-state index contributed by atoms with van der Waals surface area (Å²) in [5.41, 5.74) is 1.18. The highest BCUT2D eigenvalue weighted by atomic mass is 32.2. The molecule has 1 fully saturated rings. The number of hydrogen-bond acceptors (Lipinski definition) is 5. The number of ketones is 1. The summed E-state index contributed by atoms with van der Waals surface area (Å²) in [7, 11) is 0. The molecule has 0 saturated carbocycles. The molecule has 0 bridgehead atoms. The van der Waals surface area contributed by atoms with E-state index in [-0.39, 0.29) is 17.8 Å². The maximum Gasteiger partial charge on any atom is 0.130 e. The van der Waals surface area contributed by atoms with Gasteiger partial charge >= 0.3 is 0 Å². The lowest BCUT2D eigenvalue weighted by Crippen LogP contribution is -2.25. The zero-order chi connectivity index (χ0) is 18.5. The first-order valence-corrected chi connectivity index (χ1v) is 10.3. The fourth-order valence-electron chi connectivity index (χ4n) is 3.33. The van der Waals surface area contributed by atoms with Crippen molar-refractivity contribution >= 4 is 23.4 Å². The molecule has 0 amide bonds. The van der Waals surface area contributed by atoms with Crippen LogP contribution in [0.5, 0.6) is 5.75 Å². The van der Waals surface area contributed by atoms with Gasteiger partial charge < -0.3 is 14.4 Å². The number of thioether (sulfide) groups is 1. The van der Waals surface area contributed by atoms with Crippen LogP contribution in [0.4, 0.5) is 5.82 Å². The van der Waals surface area contributed by atoms with Crippen molar-refractivity contribution < 1.29 is 9.53 Å². The molecule has 1 aliphatic rings. The second-order valence-corrected chi connectivity index (χ2v) is 7.79. The molecule has 5 heteroatoms. The van der Waals surface area contributed by atoms with Crippen LogP contribution in [-0.2, 0) is 4.79 Å². The number of aromatic nitrogens is 1. The summed E-state index contributed by atoms with van der Waals surface area (Å²) < 4.78 is 6.15. The van der Waals surface area contributed by atoms with Gasteiger partial charge in [0.2, 0.25) is 0 Å². The van der Waals surface area contributed by atoms with E-state index in [1.807, 2.05) is 18.3 Å².